The number of carbonyl (C=O) groups excluding carboxylic acids is 1. The summed E-state index contributed by atoms with van der Waals surface area (Å²) >= 11 is 0. The van der Waals surface area contributed by atoms with Crippen LogP contribution in [0.2, 0.25) is 0 Å². The normalized spacial score (nSPS) is 12.1. The van der Waals surface area contributed by atoms with Crippen molar-refractivity contribution in [3.8, 4) is 0 Å². The third kappa shape index (κ3) is 5.45. The number of esters is 1. The van der Waals surface area contributed by atoms with E-state index in [0.29, 0.717) is 6.61 Å². The lowest BCUT2D eigenvalue weighted by Crippen LogP contribution is -2.27. The van der Waals surface area contributed by atoms with Crippen molar-refractivity contribution in [3.63, 3.8) is 0 Å². The van der Waals surface area contributed by atoms with E-state index in [1.165, 1.54) is 0 Å². The van der Waals surface area contributed by atoms with Crippen molar-refractivity contribution in [1.29, 1.82) is 0 Å². The van der Waals surface area contributed by atoms with Gasteiger partial charge in [0.05, 0.1) is 13.2 Å². The molecule has 0 fully saturated rings. The molecule has 1 unspecified atom stereocenters. The predicted molar refractivity (Wildman–Crippen MR) is 66.5 cm³/mol. The van der Waals surface area contributed by atoms with E-state index >= 15 is 0 Å². The van der Waals surface area contributed by atoms with Gasteiger partial charge >= 0.3 is 5.97 Å². The number of nitrogens with one attached hydrogen (secondary N) is 1. The smallest absolute Gasteiger partial charge is 0.319 e. The average Bonchev–Trinajstić information content (AvgIpc) is 2.37. The molecule has 0 saturated heterocycles. The molecular weight excluding hydrogens is 216 g/mol. The highest BCUT2D eigenvalue weighted by Gasteiger charge is 2.07. The Morgan fingerprint density at radius 3 is 2.82 bits per heavy atom. The minimum atomic E-state index is -0.195. The van der Waals surface area contributed by atoms with Crippen molar-refractivity contribution in [1.82, 2.24) is 10.3 Å². The second-order valence-electron chi connectivity index (χ2n) is 3.96. The number of rotatable bonds is 7. The summed E-state index contributed by atoms with van der Waals surface area (Å²) in [5.41, 5.74) is 1.11. The first-order valence-corrected chi connectivity index (χ1v) is 6.03. The lowest BCUT2D eigenvalue weighted by Gasteiger charge is -2.13. The molecule has 4 heteroatoms. The molecule has 1 N–H and O–H groups in total. The standard InChI is InChI=1S/C13H20N2O2/c1-3-4-9-17-13(16)10-15-11(2)12-5-7-14-8-6-12/h5-8,11,15H,3-4,9-10H2,1-2H3. The van der Waals surface area contributed by atoms with Gasteiger partial charge in [-0.3, -0.25) is 9.78 Å². The lowest BCUT2D eigenvalue weighted by molar-refractivity contribution is -0.142. The maximum atomic E-state index is 11.4. The highest BCUT2D eigenvalue weighted by molar-refractivity contribution is 5.71. The summed E-state index contributed by atoms with van der Waals surface area (Å²) in [7, 11) is 0. The fourth-order valence-corrected chi connectivity index (χ4v) is 1.39. The van der Waals surface area contributed by atoms with Crippen molar-refractivity contribution >= 4 is 5.97 Å². The van der Waals surface area contributed by atoms with Crippen LogP contribution in [0.5, 0.6) is 0 Å². The molecule has 0 aliphatic carbocycles. The van der Waals surface area contributed by atoms with Crippen LogP contribution in [0.3, 0.4) is 0 Å². The Kier molecular flexibility index (Phi) is 6.25. The van der Waals surface area contributed by atoms with Crippen molar-refractivity contribution in [2.45, 2.75) is 32.7 Å². The molecule has 1 rings (SSSR count). The molecule has 0 spiro atoms. The zero-order valence-corrected chi connectivity index (χ0v) is 10.5. The summed E-state index contributed by atoms with van der Waals surface area (Å²) in [4.78, 5) is 15.3. The summed E-state index contributed by atoms with van der Waals surface area (Å²) < 4.78 is 5.05. The minimum absolute atomic E-state index is 0.122. The zero-order valence-electron chi connectivity index (χ0n) is 10.5. The van der Waals surface area contributed by atoms with Crippen LogP contribution in [0, 0.1) is 0 Å². The van der Waals surface area contributed by atoms with E-state index in [2.05, 4.69) is 17.2 Å². The highest BCUT2D eigenvalue weighted by atomic mass is 16.5. The number of pyridine rings is 1. The molecule has 1 atom stereocenters. The molecular formula is C13H20N2O2. The summed E-state index contributed by atoms with van der Waals surface area (Å²) in [6.45, 7) is 4.83. The SMILES string of the molecule is CCCCOC(=O)CNC(C)c1ccncc1. The van der Waals surface area contributed by atoms with Crippen molar-refractivity contribution in [3.05, 3.63) is 30.1 Å². The van der Waals surface area contributed by atoms with Crippen LogP contribution in [0.4, 0.5) is 0 Å². The maximum absolute atomic E-state index is 11.4. The molecule has 4 nitrogen and oxygen atoms in total. The Balaban J connectivity index is 2.24. The molecule has 1 aromatic rings. The van der Waals surface area contributed by atoms with Gasteiger partial charge in [-0.15, -0.1) is 0 Å². The Morgan fingerprint density at radius 2 is 2.18 bits per heavy atom. The van der Waals surface area contributed by atoms with E-state index in [4.69, 9.17) is 4.74 Å². The first kappa shape index (κ1) is 13.6. The second kappa shape index (κ2) is 7.79. The molecule has 0 aliphatic rings. The van der Waals surface area contributed by atoms with Gasteiger partial charge in [0, 0.05) is 18.4 Å². The van der Waals surface area contributed by atoms with E-state index < -0.39 is 0 Å². The summed E-state index contributed by atoms with van der Waals surface area (Å²) in [6.07, 6.45) is 5.44. The molecule has 94 valence electrons. The fourth-order valence-electron chi connectivity index (χ4n) is 1.39. The van der Waals surface area contributed by atoms with Gasteiger partial charge in [0.1, 0.15) is 0 Å². The van der Waals surface area contributed by atoms with Crippen molar-refractivity contribution in [2.75, 3.05) is 13.2 Å². The average molecular weight is 236 g/mol. The Hall–Kier alpha value is -1.42. The number of nitrogens with zero attached hydrogens (tertiary/aromatic N) is 1. The van der Waals surface area contributed by atoms with Crippen LogP contribution >= 0.6 is 0 Å². The highest BCUT2D eigenvalue weighted by Crippen LogP contribution is 2.09. The van der Waals surface area contributed by atoms with Crippen LogP contribution in [-0.4, -0.2) is 24.1 Å². The van der Waals surface area contributed by atoms with Gasteiger partial charge in [0.15, 0.2) is 0 Å². The quantitative estimate of drug-likeness (QED) is 0.581. The molecule has 1 aromatic heterocycles. The number of hydrogen-bond acceptors (Lipinski definition) is 4. The van der Waals surface area contributed by atoms with Crippen LogP contribution in [-0.2, 0) is 9.53 Å². The first-order valence-electron chi connectivity index (χ1n) is 6.03. The summed E-state index contributed by atoms with van der Waals surface area (Å²) in [5, 5.41) is 3.12. The molecule has 0 aromatic carbocycles. The number of aromatic nitrogens is 1. The van der Waals surface area contributed by atoms with E-state index in [9.17, 15) is 4.79 Å². The lowest BCUT2D eigenvalue weighted by atomic mass is 10.1. The van der Waals surface area contributed by atoms with E-state index in [1.54, 1.807) is 12.4 Å². The third-order valence-electron chi connectivity index (χ3n) is 2.52. The van der Waals surface area contributed by atoms with Gasteiger partial charge in [-0.05, 0) is 31.0 Å². The van der Waals surface area contributed by atoms with Gasteiger partial charge < -0.3 is 10.1 Å². The monoisotopic (exact) mass is 236 g/mol. The molecule has 0 saturated carbocycles. The Morgan fingerprint density at radius 1 is 1.47 bits per heavy atom. The Labute approximate surface area is 102 Å². The fraction of sp³-hybridized carbons (Fsp3) is 0.538. The van der Waals surface area contributed by atoms with Crippen LogP contribution in [0.15, 0.2) is 24.5 Å². The Bertz CT molecular complexity index is 327. The summed E-state index contributed by atoms with van der Waals surface area (Å²) in [5.74, 6) is -0.195. The van der Waals surface area contributed by atoms with Crippen LogP contribution in [0.25, 0.3) is 0 Å². The van der Waals surface area contributed by atoms with E-state index in [1.807, 2.05) is 19.1 Å². The molecule has 0 radical (unpaired) electrons. The largest absolute Gasteiger partial charge is 0.465 e. The second-order valence-corrected chi connectivity index (χ2v) is 3.96. The van der Waals surface area contributed by atoms with Gasteiger partial charge in [0.2, 0.25) is 0 Å². The van der Waals surface area contributed by atoms with Gasteiger partial charge in [-0.1, -0.05) is 13.3 Å². The number of carbonyl (C=O) groups is 1. The number of unbranched alkanes of at least 4 members (excludes halogenated alkanes) is 1. The van der Waals surface area contributed by atoms with Crippen molar-refractivity contribution < 1.29 is 9.53 Å². The molecule has 0 bridgehead atoms. The minimum Gasteiger partial charge on any atom is -0.465 e. The zero-order chi connectivity index (χ0) is 12.5. The topological polar surface area (TPSA) is 51.2 Å². The van der Waals surface area contributed by atoms with E-state index in [-0.39, 0.29) is 18.6 Å². The number of ether oxygens (including phenoxy) is 1. The molecule has 0 aliphatic heterocycles. The van der Waals surface area contributed by atoms with E-state index in [0.717, 1.165) is 18.4 Å². The predicted octanol–water partition coefficient (Wildman–Crippen LogP) is 2.08. The van der Waals surface area contributed by atoms with Crippen LogP contribution in [0.1, 0.15) is 38.3 Å². The molecule has 0 amide bonds. The molecule has 1 heterocycles. The van der Waals surface area contributed by atoms with Crippen molar-refractivity contribution in [2.24, 2.45) is 0 Å². The van der Waals surface area contributed by atoms with Gasteiger partial charge in [-0.25, -0.2) is 0 Å². The van der Waals surface area contributed by atoms with Gasteiger partial charge in [0.25, 0.3) is 0 Å². The van der Waals surface area contributed by atoms with Gasteiger partial charge in [-0.2, -0.15) is 0 Å². The van der Waals surface area contributed by atoms with Crippen LogP contribution < -0.4 is 5.32 Å². The summed E-state index contributed by atoms with van der Waals surface area (Å²) in [6, 6.07) is 3.98. The molecule has 17 heavy (non-hydrogen) atoms. The maximum Gasteiger partial charge on any atom is 0.319 e. The third-order valence-corrected chi connectivity index (χ3v) is 2.52. The first-order chi connectivity index (χ1) is 8.24. The number of hydrogen-bond donors (Lipinski definition) is 1.